The van der Waals surface area contributed by atoms with E-state index in [1.165, 1.54) is 37.9 Å². The lowest BCUT2D eigenvalue weighted by Gasteiger charge is -2.32. The summed E-state index contributed by atoms with van der Waals surface area (Å²) in [6.07, 6.45) is 4.33. The molecule has 1 aliphatic carbocycles. The minimum Gasteiger partial charge on any atom is -0.306 e. The summed E-state index contributed by atoms with van der Waals surface area (Å²) in [4.78, 5) is 4.19. The Labute approximate surface area is 102 Å². The minimum atomic E-state index is 0.863. The summed E-state index contributed by atoms with van der Waals surface area (Å²) in [7, 11) is 2.29. The van der Waals surface area contributed by atoms with E-state index in [-0.39, 0.29) is 0 Å². The van der Waals surface area contributed by atoms with Crippen LogP contribution < -0.4 is 0 Å². The number of hydrogen-bond donors (Lipinski definition) is 0. The van der Waals surface area contributed by atoms with E-state index in [1.54, 1.807) is 4.88 Å². The van der Waals surface area contributed by atoms with E-state index in [0.29, 0.717) is 0 Å². The van der Waals surface area contributed by atoms with Crippen LogP contribution in [-0.4, -0.2) is 25.0 Å². The first-order valence-corrected chi connectivity index (χ1v) is 7.35. The van der Waals surface area contributed by atoms with Gasteiger partial charge in [-0.05, 0) is 61.6 Å². The van der Waals surface area contributed by atoms with Gasteiger partial charge in [-0.15, -0.1) is 11.3 Å². The quantitative estimate of drug-likeness (QED) is 0.720. The molecule has 3 unspecified atom stereocenters. The molecule has 2 heteroatoms. The number of aryl methyl sites for hydroxylation is 1. The minimum absolute atomic E-state index is 0.863. The van der Waals surface area contributed by atoms with Crippen molar-refractivity contribution < 1.29 is 0 Å². The van der Waals surface area contributed by atoms with Crippen LogP contribution in [0.1, 0.15) is 35.6 Å². The highest BCUT2D eigenvalue weighted by Gasteiger charge is 2.39. The summed E-state index contributed by atoms with van der Waals surface area (Å²) in [6.45, 7) is 4.89. The number of thiophene rings is 1. The Morgan fingerprint density at radius 3 is 2.94 bits per heavy atom. The molecule has 2 heterocycles. The Kier molecular flexibility index (Phi) is 2.80. The fourth-order valence-electron chi connectivity index (χ4n) is 3.70. The molecular formula is C14H21NS. The largest absolute Gasteiger partial charge is 0.306 e. The highest BCUT2D eigenvalue weighted by atomic mass is 32.1. The predicted octanol–water partition coefficient (Wildman–Crippen LogP) is 3.50. The lowest BCUT2D eigenvalue weighted by atomic mass is 9.73. The topological polar surface area (TPSA) is 3.24 Å². The lowest BCUT2D eigenvalue weighted by Crippen LogP contribution is -2.25. The number of fused-ring (bicyclic) bond motifs is 1. The van der Waals surface area contributed by atoms with Crippen LogP contribution in [0, 0.1) is 18.8 Å². The molecule has 2 aliphatic rings. The summed E-state index contributed by atoms with van der Waals surface area (Å²) in [5.74, 6) is 2.78. The van der Waals surface area contributed by atoms with E-state index >= 15 is 0 Å². The van der Waals surface area contributed by atoms with Gasteiger partial charge in [-0.25, -0.2) is 0 Å². The van der Waals surface area contributed by atoms with Crippen molar-refractivity contribution in [2.75, 3.05) is 20.1 Å². The lowest BCUT2D eigenvalue weighted by molar-refractivity contribution is 0.260. The smallest absolute Gasteiger partial charge is 0.00822 e. The van der Waals surface area contributed by atoms with Crippen LogP contribution in [0.2, 0.25) is 0 Å². The fraction of sp³-hybridized carbons (Fsp3) is 0.714. The SMILES string of the molecule is Cc1csc(C2CCCC3CN(C)CC32)c1. The van der Waals surface area contributed by atoms with Gasteiger partial charge in [0.25, 0.3) is 0 Å². The zero-order chi connectivity index (χ0) is 11.1. The molecule has 0 radical (unpaired) electrons. The molecular weight excluding hydrogens is 214 g/mol. The van der Waals surface area contributed by atoms with E-state index in [0.717, 1.165) is 17.8 Å². The van der Waals surface area contributed by atoms with Gasteiger partial charge < -0.3 is 4.90 Å². The average Bonchev–Trinajstić information content (AvgIpc) is 2.82. The molecule has 2 fully saturated rings. The number of hydrogen-bond acceptors (Lipinski definition) is 2. The van der Waals surface area contributed by atoms with Gasteiger partial charge in [-0.1, -0.05) is 6.42 Å². The second kappa shape index (κ2) is 4.15. The van der Waals surface area contributed by atoms with Crippen molar-refractivity contribution in [3.8, 4) is 0 Å². The normalized spacial score (nSPS) is 35.2. The molecule has 1 saturated carbocycles. The highest BCUT2D eigenvalue weighted by molar-refractivity contribution is 7.10. The molecule has 0 aromatic carbocycles. The molecule has 0 bridgehead atoms. The van der Waals surface area contributed by atoms with Crippen LogP contribution in [0.15, 0.2) is 11.4 Å². The summed E-state index contributed by atoms with van der Waals surface area (Å²) in [6, 6.07) is 2.43. The van der Waals surface area contributed by atoms with E-state index in [1.807, 2.05) is 11.3 Å². The Morgan fingerprint density at radius 2 is 2.19 bits per heavy atom. The van der Waals surface area contributed by atoms with Crippen molar-refractivity contribution >= 4 is 11.3 Å². The van der Waals surface area contributed by atoms with Gasteiger partial charge >= 0.3 is 0 Å². The molecule has 0 N–H and O–H groups in total. The molecule has 88 valence electrons. The Hall–Kier alpha value is -0.340. The molecule has 1 nitrogen and oxygen atoms in total. The highest BCUT2D eigenvalue weighted by Crippen LogP contribution is 2.46. The third-order valence-corrected chi connectivity index (χ3v) is 5.58. The van der Waals surface area contributed by atoms with Crippen molar-refractivity contribution in [1.29, 1.82) is 0 Å². The maximum atomic E-state index is 2.54. The van der Waals surface area contributed by atoms with E-state index < -0.39 is 0 Å². The summed E-state index contributed by atoms with van der Waals surface area (Å²) in [5, 5.41) is 2.32. The second-order valence-electron chi connectivity index (χ2n) is 5.71. The molecule has 0 amide bonds. The maximum absolute atomic E-state index is 2.54. The van der Waals surface area contributed by atoms with E-state index in [2.05, 4.69) is 30.3 Å². The predicted molar refractivity (Wildman–Crippen MR) is 70.1 cm³/mol. The first-order valence-electron chi connectivity index (χ1n) is 6.47. The van der Waals surface area contributed by atoms with Gasteiger partial charge in [-0.3, -0.25) is 0 Å². The Balaban J connectivity index is 1.84. The summed E-state index contributed by atoms with van der Waals surface area (Å²) >= 11 is 1.99. The van der Waals surface area contributed by atoms with Crippen molar-refractivity contribution in [2.24, 2.45) is 11.8 Å². The standard InChI is InChI=1S/C14H21NS/c1-10-6-14(16-9-10)12-5-3-4-11-7-15(2)8-13(11)12/h6,9,11-13H,3-5,7-8H2,1-2H3. The van der Waals surface area contributed by atoms with Crippen LogP contribution in [0.25, 0.3) is 0 Å². The van der Waals surface area contributed by atoms with Crippen LogP contribution in [-0.2, 0) is 0 Å². The molecule has 3 atom stereocenters. The summed E-state index contributed by atoms with van der Waals surface area (Å²) < 4.78 is 0. The van der Waals surface area contributed by atoms with Gasteiger partial charge in [0, 0.05) is 18.0 Å². The third kappa shape index (κ3) is 1.82. The van der Waals surface area contributed by atoms with Gasteiger partial charge in [0.2, 0.25) is 0 Å². The van der Waals surface area contributed by atoms with Crippen LogP contribution in [0.4, 0.5) is 0 Å². The van der Waals surface area contributed by atoms with Gasteiger partial charge in [0.1, 0.15) is 0 Å². The molecule has 3 rings (SSSR count). The number of nitrogens with zero attached hydrogens (tertiary/aromatic N) is 1. The fourth-order valence-corrected chi connectivity index (χ4v) is 4.81. The zero-order valence-corrected chi connectivity index (χ0v) is 11.1. The molecule has 1 aliphatic heterocycles. The van der Waals surface area contributed by atoms with Crippen LogP contribution in [0.3, 0.4) is 0 Å². The van der Waals surface area contributed by atoms with Crippen LogP contribution >= 0.6 is 11.3 Å². The summed E-state index contributed by atoms with van der Waals surface area (Å²) in [5.41, 5.74) is 1.45. The van der Waals surface area contributed by atoms with Crippen molar-refractivity contribution in [3.05, 3.63) is 21.9 Å². The van der Waals surface area contributed by atoms with Gasteiger partial charge in [0.05, 0.1) is 0 Å². The monoisotopic (exact) mass is 235 g/mol. The van der Waals surface area contributed by atoms with Crippen molar-refractivity contribution in [2.45, 2.75) is 32.1 Å². The number of rotatable bonds is 1. The van der Waals surface area contributed by atoms with Gasteiger partial charge in [0.15, 0.2) is 0 Å². The second-order valence-corrected chi connectivity index (χ2v) is 6.65. The van der Waals surface area contributed by atoms with Crippen molar-refractivity contribution in [1.82, 2.24) is 4.90 Å². The average molecular weight is 235 g/mol. The van der Waals surface area contributed by atoms with Crippen molar-refractivity contribution in [3.63, 3.8) is 0 Å². The first-order chi connectivity index (χ1) is 7.74. The van der Waals surface area contributed by atoms with E-state index in [9.17, 15) is 0 Å². The first kappa shape index (κ1) is 10.8. The number of likely N-dealkylation sites (tertiary alicyclic amines) is 1. The zero-order valence-electron chi connectivity index (χ0n) is 10.3. The Morgan fingerprint density at radius 1 is 1.31 bits per heavy atom. The molecule has 1 aromatic heterocycles. The van der Waals surface area contributed by atoms with E-state index in [4.69, 9.17) is 0 Å². The third-order valence-electron chi connectivity index (χ3n) is 4.40. The van der Waals surface area contributed by atoms with Crippen LogP contribution in [0.5, 0.6) is 0 Å². The molecule has 0 spiro atoms. The van der Waals surface area contributed by atoms with Gasteiger partial charge in [-0.2, -0.15) is 0 Å². The molecule has 1 saturated heterocycles. The molecule has 16 heavy (non-hydrogen) atoms. The molecule has 1 aromatic rings. The maximum Gasteiger partial charge on any atom is 0.00822 e. The Bertz CT molecular complexity index is 371.